The van der Waals surface area contributed by atoms with Crippen molar-refractivity contribution in [2.45, 2.75) is 69.2 Å². The summed E-state index contributed by atoms with van der Waals surface area (Å²) >= 11 is 6.30. The summed E-state index contributed by atoms with van der Waals surface area (Å²) in [7, 11) is 0. The minimum atomic E-state index is -0.613. The summed E-state index contributed by atoms with van der Waals surface area (Å²) in [5.74, 6) is 0.209. The lowest BCUT2D eigenvalue weighted by atomic mass is 9.85. The normalized spacial score (nSPS) is 27.0. The summed E-state index contributed by atoms with van der Waals surface area (Å²) in [5.41, 5.74) is 2.37. The van der Waals surface area contributed by atoms with Crippen LogP contribution in [-0.2, 0) is 16.1 Å². The number of hydrogen-bond acceptors (Lipinski definition) is 7. The van der Waals surface area contributed by atoms with Crippen LogP contribution in [0.2, 0.25) is 5.02 Å². The number of likely N-dealkylation sites (tertiary alicyclic amines) is 1. The maximum absolute atomic E-state index is 13.0. The minimum Gasteiger partial charge on any atom is -0.489 e. The number of aromatic nitrogens is 2. The van der Waals surface area contributed by atoms with E-state index in [4.69, 9.17) is 16.3 Å². The average molecular weight is 510 g/mol. The predicted octanol–water partition coefficient (Wildman–Crippen LogP) is 2.68. The highest BCUT2D eigenvalue weighted by molar-refractivity contribution is 6.31. The third-order valence-corrected chi connectivity index (χ3v) is 8.20. The van der Waals surface area contributed by atoms with Crippen molar-refractivity contribution >= 4 is 29.3 Å². The summed E-state index contributed by atoms with van der Waals surface area (Å²) in [6, 6.07) is 5.30. The van der Waals surface area contributed by atoms with Crippen molar-refractivity contribution in [1.29, 1.82) is 0 Å². The van der Waals surface area contributed by atoms with Gasteiger partial charge < -0.3 is 9.64 Å². The Bertz CT molecular complexity index is 1220. The number of nitrogens with one attached hydrogen (secondary N) is 1. The van der Waals surface area contributed by atoms with E-state index in [1.165, 1.54) is 6.42 Å². The summed E-state index contributed by atoms with van der Waals surface area (Å²) < 4.78 is 6.52. The molecule has 2 saturated heterocycles. The number of rotatable bonds is 5. The van der Waals surface area contributed by atoms with E-state index in [1.54, 1.807) is 23.5 Å². The van der Waals surface area contributed by atoms with Gasteiger partial charge in [0.2, 0.25) is 11.8 Å². The number of hydrogen-bond donors (Lipinski definition) is 1. The number of fused-ring (bicyclic) bond motifs is 1. The van der Waals surface area contributed by atoms with Gasteiger partial charge in [-0.2, -0.15) is 0 Å². The highest BCUT2D eigenvalue weighted by Gasteiger charge is 2.41. The molecule has 2 aromatic rings. The topological polar surface area (TPSA) is 105 Å². The van der Waals surface area contributed by atoms with E-state index < -0.39 is 11.9 Å². The van der Waals surface area contributed by atoms with Crippen LogP contribution in [0.25, 0.3) is 0 Å². The maximum Gasteiger partial charge on any atom is 0.255 e. The standard InChI is InChI=1S/C26H28ClN5O4/c27-19-10-28-14-29-24(19)16-11-31(12-16)20-3-1-2-4-22(20)36-17-5-6-18-15(9-17)13-32(26(18)35)21-7-8-23(33)30-25(21)34/h5-6,9-10,14,16,20-22H,1-4,7-8,11-13H2,(H,30,33,34)/t20-,21+,22+/m0/s1. The van der Waals surface area contributed by atoms with Crippen LogP contribution < -0.4 is 10.1 Å². The second-order valence-corrected chi connectivity index (χ2v) is 10.5. The molecule has 0 unspecified atom stereocenters. The molecule has 1 aliphatic carbocycles. The molecule has 3 amide bonds. The Morgan fingerprint density at radius 2 is 1.92 bits per heavy atom. The first kappa shape index (κ1) is 23.4. The quantitative estimate of drug-likeness (QED) is 0.618. The van der Waals surface area contributed by atoms with Gasteiger partial charge in [-0.05, 0) is 49.4 Å². The Balaban J connectivity index is 1.12. The Kier molecular flexibility index (Phi) is 6.13. The molecule has 6 rings (SSSR count). The van der Waals surface area contributed by atoms with Crippen molar-refractivity contribution in [2.24, 2.45) is 0 Å². The van der Waals surface area contributed by atoms with Crippen LogP contribution in [0.1, 0.15) is 66.1 Å². The molecule has 4 heterocycles. The van der Waals surface area contributed by atoms with Crippen LogP contribution in [0.3, 0.4) is 0 Å². The second kappa shape index (κ2) is 9.44. The zero-order valence-corrected chi connectivity index (χ0v) is 20.6. The molecular formula is C26H28ClN5O4. The monoisotopic (exact) mass is 509 g/mol. The number of benzene rings is 1. The van der Waals surface area contributed by atoms with Gasteiger partial charge in [0.25, 0.3) is 5.91 Å². The van der Waals surface area contributed by atoms with Gasteiger partial charge in [0.15, 0.2) is 0 Å². The van der Waals surface area contributed by atoms with Crippen LogP contribution in [0.4, 0.5) is 0 Å². The largest absolute Gasteiger partial charge is 0.489 e. The highest BCUT2D eigenvalue weighted by atomic mass is 35.5. The second-order valence-electron chi connectivity index (χ2n) is 10.1. The summed E-state index contributed by atoms with van der Waals surface area (Å²) in [6.07, 6.45) is 8.25. The number of imide groups is 1. The first-order valence-electron chi connectivity index (χ1n) is 12.6. The lowest BCUT2D eigenvalue weighted by Crippen LogP contribution is -2.57. The number of piperidine rings is 1. The maximum atomic E-state index is 13.0. The Hall–Kier alpha value is -3.04. The van der Waals surface area contributed by atoms with E-state index in [-0.39, 0.29) is 24.3 Å². The molecule has 188 valence electrons. The average Bonchev–Trinajstić information content (AvgIpc) is 3.16. The van der Waals surface area contributed by atoms with Crippen molar-refractivity contribution in [3.63, 3.8) is 0 Å². The van der Waals surface area contributed by atoms with Gasteiger partial charge in [-0.25, -0.2) is 9.97 Å². The summed E-state index contributed by atoms with van der Waals surface area (Å²) in [6.45, 7) is 2.15. The third-order valence-electron chi connectivity index (χ3n) is 7.91. The molecule has 9 nitrogen and oxygen atoms in total. The van der Waals surface area contributed by atoms with Gasteiger partial charge in [-0.3, -0.25) is 24.6 Å². The molecule has 10 heteroatoms. The number of amides is 3. The SMILES string of the molecule is O=C1CC[C@@H](N2Cc3cc(O[C@@H]4CCCC[C@@H]4N4CC(c5ncncc5Cl)C4)ccc3C2=O)C(=O)N1. The molecule has 3 aliphatic heterocycles. The molecule has 1 aromatic carbocycles. The molecule has 36 heavy (non-hydrogen) atoms. The molecule has 0 bridgehead atoms. The first-order valence-corrected chi connectivity index (χ1v) is 13.0. The van der Waals surface area contributed by atoms with E-state index in [9.17, 15) is 14.4 Å². The molecular weight excluding hydrogens is 482 g/mol. The van der Waals surface area contributed by atoms with Crippen molar-refractivity contribution in [3.05, 3.63) is 52.6 Å². The van der Waals surface area contributed by atoms with E-state index in [0.717, 1.165) is 49.4 Å². The fourth-order valence-electron chi connectivity index (χ4n) is 6.01. The third kappa shape index (κ3) is 4.24. The van der Waals surface area contributed by atoms with E-state index in [2.05, 4.69) is 20.2 Å². The lowest BCUT2D eigenvalue weighted by Gasteiger charge is -2.48. The molecule has 3 atom stereocenters. The van der Waals surface area contributed by atoms with E-state index in [0.29, 0.717) is 35.5 Å². The van der Waals surface area contributed by atoms with Crippen molar-refractivity contribution < 1.29 is 19.1 Å². The molecule has 3 fully saturated rings. The Labute approximate surface area is 214 Å². The summed E-state index contributed by atoms with van der Waals surface area (Å²) in [5, 5.41) is 2.97. The zero-order valence-electron chi connectivity index (χ0n) is 19.9. The molecule has 1 N–H and O–H groups in total. The van der Waals surface area contributed by atoms with Gasteiger partial charge in [-0.1, -0.05) is 18.0 Å². The molecule has 0 spiro atoms. The lowest BCUT2D eigenvalue weighted by molar-refractivity contribution is -0.136. The van der Waals surface area contributed by atoms with Crippen LogP contribution >= 0.6 is 11.6 Å². The van der Waals surface area contributed by atoms with Gasteiger partial charge in [0.1, 0.15) is 24.2 Å². The fraction of sp³-hybridized carbons (Fsp3) is 0.500. The van der Waals surface area contributed by atoms with Crippen LogP contribution in [0.5, 0.6) is 5.75 Å². The number of halogens is 1. The minimum absolute atomic E-state index is 0.0713. The Morgan fingerprint density at radius 3 is 2.72 bits per heavy atom. The number of nitrogens with zero attached hydrogens (tertiary/aromatic N) is 4. The first-order chi connectivity index (χ1) is 17.5. The van der Waals surface area contributed by atoms with Crippen molar-refractivity contribution in [2.75, 3.05) is 13.1 Å². The fourth-order valence-corrected chi connectivity index (χ4v) is 6.27. The van der Waals surface area contributed by atoms with Crippen LogP contribution in [0, 0.1) is 0 Å². The Morgan fingerprint density at radius 1 is 1.08 bits per heavy atom. The molecule has 1 saturated carbocycles. The van der Waals surface area contributed by atoms with E-state index >= 15 is 0 Å². The van der Waals surface area contributed by atoms with Gasteiger partial charge >= 0.3 is 0 Å². The predicted molar refractivity (Wildman–Crippen MR) is 131 cm³/mol. The van der Waals surface area contributed by atoms with Gasteiger partial charge in [0.05, 0.1) is 10.7 Å². The zero-order chi connectivity index (χ0) is 24.8. The van der Waals surface area contributed by atoms with Crippen molar-refractivity contribution in [1.82, 2.24) is 25.1 Å². The number of carbonyl (C=O) groups is 3. The smallest absolute Gasteiger partial charge is 0.255 e. The number of carbonyl (C=O) groups excluding carboxylic acids is 3. The molecule has 0 radical (unpaired) electrons. The van der Waals surface area contributed by atoms with Crippen LogP contribution in [-0.4, -0.2) is 68.8 Å². The number of ether oxygens (including phenoxy) is 1. The highest BCUT2D eigenvalue weighted by Crippen LogP contribution is 2.37. The molecule has 1 aromatic heterocycles. The molecule has 4 aliphatic rings. The van der Waals surface area contributed by atoms with E-state index in [1.807, 2.05) is 12.1 Å². The van der Waals surface area contributed by atoms with Crippen LogP contribution in [0.15, 0.2) is 30.7 Å². The summed E-state index contributed by atoms with van der Waals surface area (Å²) in [4.78, 5) is 49.2. The van der Waals surface area contributed by atoms with Gasteiger partial charge in [0, 0.05) is 49.8 Å². The van der Waals surface area contributed by atoms with Crippen molar-refractivity contribution in [3.8, 4) is 5.75 Å². The van der Waals surface area contributed by atoms with Gasteiger partial charge in [-0.15, -0.1) is 0 Å².